The molecule has 0 radical (unpaired) electrons. The van der Waals surface area contributed by atoms with E-state index >= 15 is 0 Å². The molecule has 1 saturated heterocycles. The van der Waals surface area contributed by atoms with Crippen molar-refractivity contribution in [1.29, 1.82) is 0 Å². The smallest absolute Gasteiger partial charge is 0.0710 e. The van der Waals surface area contributed by atoms with Gasteiger partial charge in [-0.3, -0.25) is 4.90 Å². The van der Waals surface area contributed by atoms with Crippen LogP contribution in [-0.2, 0) is 6.54 Å². The molecule has 1 aliphatic rings. The summed E-state index contributed by atoms with van der Waals surface area (Å²) in [6.07, 6.45) is 4.04. The first-order chi connectivity index (χ1) is 11.8. The Morgan fingerprint density at radius 3 is 2.62 bits per heavy atom. The Labute approximate surface area is 143 Å². The first kappa shape index (κ1) is 15.2. The van der Waals surface area contributed by atoms with Crippen LogP contribution in [-0.4, -0.2) is 23.0 Å². The van der Waals surface area contributed by atoms with E-state index in [4.69, 9.17) is 10.7 Å². The molecule has 0 saturated carbocycles. The predicted molar refractivity (Wildman–Crippen MR) is 101 cm³/mol. The maximum absolute atomic E-state index is 5.88. The maximum atomic E-state index is 5.88. The first-order valence-corrected chi connectivity index (χ1v) is 8.76. The Morgan fingerprint density at radius 1 is 0.917 bits per heavy atom. The molecule has 0 amide bonds. The summed E-state index contributed by atoms with van der Waals surface area (Å²) in [4.78, 5) is 7.36. The molecule has 1 aromatic heterocycles. The summed E-state index contributed by atoms with van der Waals surface area (Å²) in [7, 11) is 0. The lowest BCUT2D eigenvalue weighted by molar-refractivity contribution is 0.221. The lowest BCUT2D eigenvalue weighted by atomic mass is 10.1. The number of anilines is 1. The van der Waals surface area contributed by atoms with E-state index in [-0.39, 0.29) is 0 Å². The molecular formula is C21H23N3. The van der Waals surface area contributed by atoms with Gasteiger partial charge in [-0.15, -0.1) is 0 Å². The third-order valence-corrected chi connectivity index (χ3v) is 4.79. The molecule has 1 fully saturated rings. The van der Waals surface area contributed by atoms with Gasteiger partial charge < -0.3 is 5.73 Å². The van der Waals surface area contributed by atoms with Gasteiger partial charge in [-0.25, -0.2) is 4.98 Å². The fourth-order valence-electron chi connectivity index (χ4n) is 3.51. The van der Waals surface area contributed by atoms with E-state index in [0.29, 0.717) is 0 Å². The van der Waals surface area contributed by atoms with Gasteiger partial charge in [-0.05, 0) is 61.8 Å². The Bertz CT molecular complexity index is 851. The average molecular weight is 317 g/mol. The second kappa shape index (κ2) is 6.62. The molecular weight excluding hydrogens is 294 g/mol. The van der Waals surface area contributed by atoms with Crippen molar-refractivity contribution in [1.82, 2.24) is 9.88 Å². The van der Waals surface area contributed by atoms with Crippen molar-refractivity contribution >= 4 is 16.6 Å². The van der Waals surface area contributed by atoms with Crippen LogP contribution >= 0.6 is 0 Å². The minimum atomic E-state index is 0.770. The van der Waals surface area contributed by atoms with Crippen LogP contribution in [0.5, 0.6) is 0 Å². The van der Waals surface area contributed by atoms with Gasteiger partial charge in [0.25, 0.3) is 0 Å². The van der Waals surface area contributed by atoms with Crippen LogP contribution in [0, 0.1) is 0 Å². The molecule has 0 atom stereocenters. The van der Waals surface area contributed by atoms with E-state index in [9.17, 15) is 0 Å². The average Bonchev–Trinajstić information content (AvgIpc) is 2.62. The van der Waals surface area contributed by atoms with E-state index in [1.165, 1.54) is 43.3 Å². The molecule has 3 aromatic rings. The van der Waals surface area contributed by atoms with E-state index in [1.807, 2.05) is 18.2 Å². The predicted octanol–water partition coefficient (Wildman–Crippen LogP) is 4.47. The number of hydrogen-bond acceptors (Lipinski definition) is 3. The monoisotopic (exact) mass is 317 g/mol. The summed E-state index contributed by atoms with van der Waals surface area (Å²) in [6.45, 7) is 3.50. The van der Waals surface area contributed by atoms with E-state index in [0.717, 1.165) is 29.0 Å². The summed E-state index contributed by atoms with van der Waals surface area (Å²) >= 11 is 0. The van der Waals surface area contributed by atoms with E-state index < -0.39 is 0 Å². The fraction of sp³-hybridized carbons (Fsp3) is 0.286. The minimum absolute atomic E-state index is 0.770. The second-order valence-electron chi connectivity index (χ2n) is 6.69. The van der Waals surface area contributed by atoms with Crippen LogP contribution in [0.4, 0.5) is 5.69 Å². The van der Waals surface area contributed by atoms with Crippen molar-refractivity contribution in [2.45, 2.75) is 25.8 Å². The van der Waals surface area contributed by atoms with Gasteiger partial charge in [0.05, 0.1) is 11.2 Å². The summed E-state index contributed by atoms with van der Waals surface area (Å²) in [5.74, 6) is 0. The van der Waals surface area contributed by atoms with Crippen LogP contribution in [0.15, 0.2) is 54.6 Å². The van der Waals surface area contributed by atoms with Crippen LogP contribution < -0.4 is 5.73 Å². The zero-order valence-electron chi connectivity index (χ0n) is 13.9. The van der Waals surface area contributed by atoms with Gasteiger partial charge in [-0.1, -0.05) is 30.7 Å². The first-order valence-electron chi connectivity index (χ1n) is 8.76. The molecule has 4 rings (SSSR count). The van der Waals surface area contributed by atoms with Gasteiger partial charge in [0.2, 0.25) is 0 Å². The van der Waals surface area contributed by atoms with Crippen molar-refractivity contribution in [2.24, 2.45) is 0 Å². The van der Waals surface area contributed by atoms with E-state index in [1.54, 1.807) is 0 Å². The Kier molecular flexibility index (Phi) is 4.18. The molecule has 2 heterocycles. The van der Waals surface area contributed by atoms with Crippen LogP contribution in [0.3, 0.4) is 0 Å². The normalized spacial score (nSPS) is 15.7. The number of rotatable bonds is 3. The highest BCUT2D eigenvalue weighted by atomic mass is 15.1. The Morgan fingerprint density at radius 2 is 1.79 bits per heavy atom. The summed E-state index contributed by atoms with van der Waals surface area (Å²) < 4.78 is 0. The van der Waals surface area contributed by atoms with Crippen molar-refractivity contribution in [3.63, 3.8) is 0 Å². The quantitative estimate of drug-likeness (QED) is 0.725. The number of hydrogen-bond donors (Lipinski definition) is 1. The molecule has 1 aliphatic heterocycles. The lowest BCUT2D eigenvalue weighted by Crippen LogP contribution is -2.29. The van der Waals surface area contributed by atoms with Gasteiger partial charge in [-0.2, -0.15) is 0 Å². The molecule has 2 aromatic carbocycles. The zero-order valence-corrected chi connectivity index (χ0v) is 13.9. The van der Waals surface area contributed by atoms with Gasteiger partial charge in [0.15, 0.2) is 0 Å². The van der Waals surface area contributed by atoms with Crippen molar-refractivity contribution < 1.29 is 0 Å². The number of benzene rings is 2. The molecule has 0 bridgehead atoms. The summed E-state index contributed by atoms with van der Waals surface area (Å²) in [5, 5.41) is 1.21. The number of nitrogens with zero attached hydrogens (tertiary/aromatic N) is 2. The molecule has 3 nitrogen and oxygen atoms in total. The molecule has 24 heavy (non-hydrogen) atoms. The zero-order chi connectivity index (χ0) is 16.4. The van der Waals surface area contributed by atoms with E-state index in [2.05, 4.69) is 41.3 Å². The fourth-order valence-corrected chi connectivity index (χ4v) is 3.51. The topological polar surface area (TPSA) is 42.1 Å². The number of fused-ring (bicyclic) bond motifs is 1. The SMILES string of the molecule is Nc1cccc(-c2ccc3cc(CN4CCCCC4)ccc3n2)c1. The van der Waals surface area contributed by atoms with Crippen LogP contribution in [0.25, 0.3) is 22.2 Å². The third kappa shape index (κ3) is 3.26. The van der Waals surface area contributed by atoms with Gasteiger partial charge in [0, 0.05) is 23.2 Å². The highest BCUT2D eigenvalue weighted by Gasteiger charge is 2.11. The number of likely N-dealkylation sites (tertiary alicyclic amines) is 1. The van der Waals surface area contributed by atoms with Gasteiger partial charge >= 0.3 is 0 Å². The summed E-state index contributed by atoms with van der Waals surface area (Å²) in [6, 6.07) is 18.8. The lowest BCUT2D eigenvalue weighted by Gasteiger charge is -2.26. The van der Waals surface area contributed by atoms with Crippen molar-refractivity contribution in [3.8, 4) is 11.3 Å². The molecule has 122 valence electrons. The van der Waals surface area contributed by atoms with Crippen LogP contribution in [0.1, 0.15) is 24.8 Å². The highest BCUT2D eigenvalue weighted by molar-refractivity contribution is 5.82. The number of piperidine rings is 1. The molecule has 2 N–H and O–H groups in total. The molecule has 0 spiro atoms. The molecule has 0 unspecified atom stereocenters. The number of nitrogens with two attached hydrogens (primary N) is 1. The van der Waals surface area contributed by atoms with Crippen molar-refractivity contribution in [2.75, 3.05) is 18.8 Å². The molecule has 0 aliphatic carbocycles. The second-order valence-corrected chi connectivity index (χ2v) is 6.69. The standard InChI is InChI=1S/C21H23N3/c22-19-6-4-5-17(14-19)21-10-8-18-13-16(7-9-20(18)23-21)15-24-11-2-1-3-12-24/h4-10,13-14H,1-3,11-12,15,22H2. The van der Waals surface area contributed by atoms with Crippen LogP contribution in [0.2, 0.25) is 0 Å². The number of nitrogen functional groups attached to an aromatic ring is 1. The Hall–Kier alpha value is -2.39. The highest BCUT2D eigenvalue weighted by Crippen LogP contribution is 2.24. The third-order valence-electron chi connectivity index (χ3n) is 4.79. The minimum Gasteiger partial charge on any atom is -0.399 e. The number of pyridine rings is 1. The Balaban J connectivity index is 1.60. The molecule has 3 heteroatoms. The summed E-state index contributed by atoms with van der Waals surface area (Å²) in [5.41, 5.74) is 11.1. The maximum Gasteiger partial charge on any atom is 0.0710 e. The van der Waals surface area contributed by atoms with Gasteiger partial charge in [0.1, 0.15) is 0 Å². The largest absolute Gasteiger partial charge is 0.399 e. The van der Waals surface area contributed by atoms with Crippen molar-refractivity contribution in [3.05, 3.63) is 60.2 Å². The number of aromatic nitrogens is 1.